The van der Waals surface area contributed by atoms with Gasteiger partial charge in [-0.05, 0) is 13.8 Å². The fraction of sp³-hybridized carbons (Fsp3) is 0.833. The summed E-state index contributed by atoms with van der Waals surface area (Å²) < 4.78 is 1.85. The second-order valence-electron chi connectivity index (χ2n) is 2.58. The van der Waals surface area contributed by atoms with E-state index in [1.54, 1.807) is 0 Å². The van der Waals surface area contributed by atoms with Crippen LogP contribution in [0.2, 0.25) is 0 Å². The van der Waals surface area contributed by atoms with Crippen molar-refractivity contribution in [2.45, 2.75) is 19.9 Å². The third-order valence-corrected chi connectivity index (χ3v) is 0.918. The van der Waals surface area contributed by atoms with Crippen LogP contribution in [0, 0.1) is 0 Å². The van der Waals surface area contributed by atoms with Crippen LogP contribution in [0.15, 0.2) is 0 Å². The zero-order valence-electron chi connectivity index (χ0n) is 6.60. The fourth-order valence-electron chi connectivity index (χ4n) is 0.425. The molecule has 0 aliphatic carbocycles. The highest BCUT2D eigenvalue weighted by molar-refractivity contribution is 5.72. The van der Waals surface area contributed by atoms with Crippen LogP contribution in [0.4, 0.5) is 0 Å². The largest absolute Gasteiger partial charge is 0.343 e. The Morgan fingerprint density at radius 2 is 1.89 bits per heavy atom. The number of guanidine groups is 1. The zero-order valence-corrected chi connectivity index (χ0v) is 6.60. The van der Waals surface area contributed by atoms with Crippen molar-refractivity contribution in [3.63, 3.8) is 0 Å². The van der Waals surface area contributed by atoms with Gasteiger partial charge in [0.1, 0.15) is 0 Å². The van der Waals surface area contributed by atoms with Gasteiger partial charge in [0.15, 0.2) is 0 Å². The van der Waals surface area contributed by atoms with Crippen LogP contribution in [-0.2, 0) is 0 Å². The van der Waals surface area contributed by atoms with Crippen molar-refractivity contribution in [1.82, 2.24) is 5.32 Å². The molecule has 0 bridgehead atoms. The minimum absolute atomic E-state index is 0.410. The predicted molar refractivity (Wildman–Crippen MR) is 39.6 cm³/mol. The number of nitrogens with zero attached hydrogens (tertiary/aromatic N) is 1. The van der Waals surface area contributed by atoms with Gasteiger partial charge in [0.25, 0.3) is 0 Å². The average Bonchev–Trinajstić information content (AvgIpc) is 1.63. The molecule has 3 heteroatoms. The summed E-state index contributed by atoms with van der Waals surface area (Å²) in [4.78, 5) is 0. The van der Waals surface area contributed by atoms with Crippen LogP contribution in [0.5, 0.6) is 0 Å². The lowest BCUT2D eigenvalue weighted by atomic mass is 10.4. The Hall–Kier alpha value is -0.730. The van der Waals surface area contributed by atoms with E-state index < -0.39 is 0 Å². The molecule has 0 aromatic rings. The van der Waals surface area contributed by atoms with E-state index in [-0.39, 0.29) is 0 Å². The molecule has 0 aliphatic heterocycles. The first-order chi connectivity index (χ1) is 4.04. The SMILES string of the molecule is CC(C)NC(N)=[N+](C)C. The third-order valence-electron chi connectivity index (χ3n) is 0.918. The quantitative estimate of drug-likeness (QED) is 0.287. The molecule has 0 aromatic heterocycles. The number of nitrogens with one attached hydrogen (secondary N) is 1. The Kier molecular flexibility index (Phi) is 3.06. The van der Waals surface area contributed by atoms with E-state index in [1.807, 2.05) is 18.7 Å². The Balaban J connectivity index is 3.77. The summed E-state index contributed by atoms with van der Waals surface area (Å²) in [6.45, 7) is 4.10. The van der Waals surface area contributed by atoms with Gasteiger partial charge in [0.05, 0.1) is 20.1 Å². The minimum atomic E-state index is 0.410. The van der Waals surface area contributed by atoms with Crippen LogP contribution in [-0.4, -0.2) is 30.7 Å². The van der Waals surface area contributed by atoms with Gasteiger partial charge in [-0.2, -0.15) is 0 Å². The van der Waals surface area contributed by atoms with E-state index in [4.69, 9.17) is 5.73 Å². The van der Waals surface area contributed by atoms with Gasteiger partial charge < -0.3 is 0 Å². The molecule has 0 aromatic carbocycles. The minimum Gasteiger partial charge on any atom is -0.291 e. The van der Waals surface area contributed by atoms with Gasteiger partial charge in [0, 0.05) is 0 Å². The molecule has 0 spiro atoms. The van der Waals surface area contributed by atoms with Crippen molar-refractivity contribution in [2.24, 2.45) is 5.73 Å². The summed E-state index contributed by atoms with van der Waals surface area (Å²) >= 11 is 0. The molecule has 54 valence electrons. The van der Waals surface area contributed by atoms with Gasteiger partial charge >= 0.3 is 5.96 Å². The standard InChI is InChI=1S/C6H15N3/c1-5(2)8-6(7)9(3)4/h5H,1-4H3,(H2,7,8)/p+1. The molecular weight excluding hydrogens is 114 g/mol. The first-order valence-corrected chi connectivity index (χ1v) is 3.10. The molecule has 0 saturated carbocycles. The highest BCUT2D eigenvalue weighted by atomic mass is 15.2. The maximum absolute atomic E-state index is 5.55. The van der Waals surface area contributed by atoms with Crippen molar-refractivity contribution in [1.29, 1.82) is 0 Å². The van der Waals surface area contributed by atoms with Crippen molar-refractivity contribution >= 4 is 5.96 Å². The zero-order chi connectivity index (χ0) is 7.44. The lowest BCUT2D eigenvalue weighted by Gasteiger charge is -2.03. The number of hydrogen-bond donors (Lipinski definition) is 2. The summed E-state index contributed by atoms with van der Waals surface area (Å²) in [5.74, 6) is 0.713. The lowest BCUT2D eigenvalue weighted by molar-refractivity contribution is -0.467. The van der Waals surface area contributed by atoms with Gasteiger partial charge in [0.2, 0.25) is 0 Å². The topological polar surface area (TPSA) is 41.1 Å². The molecule has 0 radical (unpaired) electrons. The van der Waals surface area contributed by atoms with Crippen LogP contribution < -0.4 is 11.1 Å². The fourth-order valence-corrected chi connectivity index (χ4v) is 0.425. The Morgan fingerprint density at radius 1 is 1.44 bits per heavy atom. The molecule has 3 nitrogen and oxygen atoms in total. The van der Waals surface area contributed by atoms with Crippen LogP contribution in [0.1, 0.15) is 13.8 Å². The van der Waals surface area contributed by atoms with Gasteiger partial charge in [-0.1, -0.05) is 0 Å². The van der Waals surface area contributed by atoms with E-state index in [9.17, 15) is 0 Å². The number of hydrogen-bond acceptors (Lipinski definition) is 0. The lowest BCUT2D eigenvalue weighted by Crippen LogP contribution is -2.41. The molecule has 0 atom stereocenters. The second kappa shape index (κ2) is 3.33. The molecule has 0 saturated heterocycles. The van der Waals surface area contributed by atoms with Crippen LogP contribution >= 0.6 is 0 Å². The first kappa shape index (κ1) is 8.27. The molecule has 0 amide bonds. The van der Waals surface area contributed by atoms with Gasteiger partial charge in [-0.15, -0.1) is 0 Å². The molecule has 0 fully saturated rings. The first-order valence-electron chi connectivity index (χ1n) is 3.10. The second-order valence-corrected chi connectivity index (χ2v) is 2.58. The van der Waals surface area contributed by atoms with Crippen LogP contribution in [0.3, 0.4) is 0 Å². The van der Waals surface area contributed by atoms with Crippen molar-refractivity contribution in [3.8, 4) is 0 Å². The Labute approximate surface area is 56.6 Å². The summed E-state index contributed by atoms with van der Waals surface area (Å²) in [6.07, 6.45) is 0. The Morgan fingerprint density at radius 3 is 2.00 bits per heavy atom. The summed E-state index contributed by atoms with van der Waals surface area (Å²) in [7, 11) is 3.81. The summed E-state index contributed by atoms with van der Waals surface area (Å²) in [6, 6.07) is 0.410. The van der Waals surface area contributed by atoms with E-state index in [0.717, 1.165) is 0 Å². The van der Waals surface area contributed by atoms with Gasteiger partial charge in [-0.3, -0.25) is 15.6 Å². The number of rotatable bonds is 1. The highest BCUT2D eigenvalue weighted by Gasteiger charge is 2.01. The smallest absolute Gasteiger partial charge is 0.291 e. The molecular formula is C6H16N3+. The predicted octanol–water partition coefficient (Wildman–Crippen LogP) is -0.429. The van der Waals surface area contributed by atoms with E-state index in [1.165, 1.54) is 0 Å². The van der Waals surface area contributed by atoms with E-state index >= 15 is 0 Å². The Bertz CT molecular complexity index is 111. The van der Waals surface area contributed by atoms with Crippen molar-refractivity contribution < 1.29 is 4.58 Å². The van der Waals surface area contributed by atoms with Crippen molar-refractivity contribution in [2.75, 3.05) is 14.1 Å². The van der Waals surface area contributed by atoms with E-state index in [0.29, 0.717) is 12.0 Å². The maximum atomic E-state index is 5.55. The molecule has 0 rings (SSSR count). The molecule has 3 N–H and O–H groups in total. The normalized spacial score (nSPS) is 9.44. The molecule has 9 heavy (non-hydrogen) atoms. The van der Waals surface area contributed by atoms with Crippen molar-refractivity contribution in [3.05, 3.63) is 0 Å². The molecule has 0 heterocycles. The third kappa shape index (κ3) is 3.82. The summed E-state index contributed by atoms with van der Waals surface area (Å²) in [5, 5.41) is 3.06. The summed E-state index contributed by atoms with van der Waals surface area (Å²) in [5.41, 5.74) is 5.55. The maximum Gasteiger partial charge on any atom is 0.343 e. The van der Waals surface area contributed by atoms with E-state index in [2.05, 4.69) is 19.2 Å². The van der Waals surface area contributed by atoms with Gasteiger partial charge in [-0.25, -0.2) is 0 Å². The monoisotopic (exact) mass is 130 g/mol. The average molecular weight is 130 g/mol. The number of nitrogens with two attached hydrogens (primary N) is 1. The molecule has 0 unspecified atom stereocenters. The molecule has 0 aliphatic rings. The highest BCUT2D eigenvalue weighted by Crippen LogP contribution is 1.72. The van der Waals surface area contributed by atoms with Crippen LogP contribution in [0.25, 0.3) is 0 Å².